The number of para-hydroxylation sites is 1. The average molecular weight is 235 g/mol. The van der Waals surface area contributed by atoms with Gasteiger partial charge in [0.05, 0.1) is 12.0 Å². The van der Waals surface area contributed by atoms with Crippen LogP contribution in [0.3, 0.4) is 0 Å². The molecule has 0 atom stereocenters. The summed E-state index contributed by atoms with van der Waals surface area (Å²) in [5.41, 5.74) is 4.41. The SMILES string of the molecule is c1ccc(-c2ccccc2Nc2ccoc2)cc1. The molecule has 0 saturated heterocycles. The molecule has 3 rings (SSSR count). The van der Waals surface area contributed by atoms with Crippen LogP contribution < -0.4 is 5.32 Å². The van der Waals surface area contributed by atoms with Crippen LogP contribution in [0.4, 0.5) is 11.4 Å². The summed E-state index contributed by atoms with van der Waals surface area (Å²) in [6, 6.07) is 20.5. The zero-order valence-corrected chi connectivity index (χ0v) is 9.84. The molecule has 0 radical (unpaired) electrons. The van der Waals surface area contributed by atoms with E-state index in [1.54, 1.807) is 12.5 Å². The summed E-state index contributed by atoms with van der Waals surface area (Å²) in [5, 5.41) is 3.36. The molecule has 1 N–H and O–H groups in total. The Balaban J connectivity index is 2.00. The van der Waals surface area contributed by atoms with Crippen molar-refractivity contribution in [3.05, 3.63) is 73.2 Å². The van der Waals surface area contributed by atoms with E-state index in [4.69, 9.17) is 4.42 Å². The highest BCUT2D eigenvalue weighted by Crippen LogP contribution is 2.29. The van der Waals surface area contributed by atoms with Crippen molar-refractivity contribution in [2.24, 2.45) is 0 Å². The van der Waals surface area contributed by atoms with Crippen molar-refractivity contribution >= 4 is 11.4 Å². The summed E-state index contributed by atoms with van der Waals surface area (Å²) in [5.74, 6) is 0. The summed E-state index contributed by atoms with van der Waals surface area (Å²) in [6.07, 6.45) is 3.36. The monoisotopic (exact) mass is 235 g/mol. The van der Waals surface area contributed by atoms with E-state index in [0.717, 1.165) is 11.4 Å². The molecule has 2 heteroatoms. The summed E-state index contributed by atoms with van der Waals surface area (Å²) < 4.78 is 5.07. The van der Waals surface area contributed by atoms with Crippen molar-refractivity contribution in [1.29, 1.82) is 0 Å². The molecule has 0 fully saturated rings. The maximum Gasteiger partial charge on any atom is 0.114 e. The lowest BCUT2D eigenvalue weighted by atomic mass is 10.0. The summed E-state index contributed by atoms with van der Waals surface area (Å²) >= 11 is 0. The Morgan fingerprint density at radius 2 is 1.56 bits per heavy atom. The van der Waals surface area contributed by atoms with Crippen molar-refractivity contribution in [2.45, 2.75) is 0 Å². The van der Waals surface area contributed by atoms with E-state index in [2.05, 4.69) is 29.6 Å². The van der Waals surface area contributed by atoms with Crippen molar-refractivity contribution in [3.8, 4) is 11.1 Å². The van der Waals surface area contributed by atoms with Gasteiger partial charge in [0.2, 0.25) is 0 Å². The zero-order chi connectivity index (χ0) is 12.2. The molecule has 0 aliphatic carbocycles. The number of hydrogen-bond donors (Lipinski definition) is 1. The quantitative estimate of drug-likeness (QED) is 0.712. The molecule has 0 aliphatic heterocycles. The number of hydrogen-bond acceptors (Lipinski definition) is 2. The van der Waals surface area contributed by atoms with Gasteiger partial charge in [-0.2, -0.15) is 0 Å². The van der Waals surface area contributed by atoms with E-state index < -0.39 is 0 Å². The molecule has 0 saturated carbocycles. The molecule has 0 spiro atoms. The van der Waals surface area contributed by atoms with Gasteiger partial charge in [-0.3, -0.25) is 0 Å². The average Bonchev–Trinajstić information content (AvgIpc) is 2.93. The molecule has 1 heterocycles. The molecule has 0 aliphatic rings. The summed E-state index contributed by atoms with van der Waals surface area (Å²) in [7, 11) is 0. The number of benzene rings is 2. The number of anilines is 2. The molecule has 2 nitrogen and oxygen atoms in total. The maximum atomic E-state index is 5.07. The van der Waals surface area contributed by atoms with Crippen LogP contribution >= 0.6 is 0 Å². The second kappa shape index (κ2) is 4.80. The first-order chi connectivity index (χ1) is 8.93. The van der Waals surface area contributed by atoms with Crippen LogP contribution in [0.5, 0.6) is 0 Å². The minimum atomic E-state index is 0.957. The van der Waals surface area contributed by atoms with Crippen molar-refractivity contribution in [3.63, 3.8) is 0 Å². The number of nitrogens with one attached hydrogen (secondary N) is 1. The van der Waals surface area contributed by atoms with Gasteiger partial charge >= 0.3 is 0 Å². The fourth-order valence-electron chi connectivity index (χ4n) is 1.95. The molecule has 1 aromatic heterocycles. The van der Waals surface area contributed by atoms with Crippen LogP contribution in [0, 0.1) is 0 Å². The van der Waals surface area contributed by atoms with Gasteiger partial charge in [-0.1, -0.05) is 48.5 Å². The van der Waals surface area contributed by atoms with Gasteiger partial charge < -0.3 is 9.73 Å². The molecule has 0 amide bonds. The van der Waals surface area contributed by atoms with Crippen LogP contribution in [-0.4, -0.2) is 0 Å². The Morgan fingerprint density at radius 1 is 0.778 bits per heavy atom. The van der Waals surface area contributed by atoms with E-state index in [9.17, 15) is 0 Å². The second-order valence-corrected chi connectivity index (χ2v) is 4.05. The van der Waals surface area contributed by atoms with Crippen molar-refractivity contribution < 1.29 is 4.42 Å². The van der Waals surface area contributed by atoms with Crippen LogP contribution in [0.2, 0.25) is 0 Å². The van der Waals surface area contributed by atoms with Crippen LogP contribution in [0.1, 0.15) is 0 Å². The fraction of sp³-hybridized carbons (Fsp3) is 0. The van der Waals surface area contributed by atoms with Gasteiger partial charge in [-0.05, 0) is 17.7 Å². The minimum Gasteiger partial charge on any atom is -0.470 e. The second-order valence-electron chi connectivity index (χ2n) is 4.05. The largest absolute Gasteiger partial charge is 0.470 e. The first-order valence-electron chi connectivity index (χ1n) is 5.87. The molecule has 0 unspecified atom stereocenters. The molecule has 0 bridgehead atoms. The lowest BCUT2D eigenvalue weighted by Gasteiger charge is -2.10. The van der Waals surface area contributed by atoms with Crippen LogP contribution in [0.15, 0.2) is 77.6 Å². The Hall–Kier alpha value is -2.48. The molecule has 88 valence electrons. The van der Waals surface area contributed by atoms with Crippen LogP contribution in [-0.2, 0) is 0 Å². The predicted molar refractivity (Wildman–Crippen MR) is 73.9 cm³/mol. The topological polar surface area (TPSA) is 25.2 Å². The van der Waals surface area contributed by atoms with Crippen LogP contribution in [0.25, 0.3) is 11.1 Å². The van der Waals surface area contributed by atoms with Crippen molar-refractivity contribution in [1.82, 2.24) is 0 Å². The maximum absolute atomic E-state index is 5.07. The van der Waals surface area contributed by atoms with E-state index in [0.29, 0.717) is 0 Å². The third kappa shape index (κ3) is 2.13. The molecule has 2 aromatic carbocycles. The highest BCUT2D eigenvalue weighted by atomic mass is 16.3. The lowest BCUT2D eigenvalue weighted by Crippen LogP contribution is -1.91. The Bertz CT molecular complexity index is 615. The standard InChI is InChI=1S/C16H13NO/c1-2-6-13(7-3-1)15-8-4-5-9-16(15)17-14-10-11-18-12-14/h1-12,17H. The molecular formula is C16H13NO. The number of furan rings is 1. The third-order valence-corrected chi connectivity index (χ3v) is 2.81. The fourth-order valence-corrected chi connectivity index (χ4v) is 1.95. The molecule has 18 heavy (non-hydrogen) atoms. The minimum absolute atomic E-state index is 0.957. The summed E-state index contributed by atoms with van der Waals surface area (Å²) in [4.78, 5) is 0. The van der Waals surface area contributed by atoms with Gasteiger partial charge in [0.25, 0.3) is 0 Å². The first-order valence-corrected chi connectivity index (χ1v) is 5.87. The Kier molecular flexibility index (Phi) is 2.84. The third-order valence-electron chi connectivity index (χ3n) is 2.81. The Morgan fingerprint density at radius 3 is 2.33 bits per heavy atom. The normalized spacial score (nSPS) is 10.2. The molecular weight excluding hydrogens is 222 g/mol. The van der Waals surface area contributed by atoms with Gasteiger partial charge in [0, 0.05) is 11.3 Å². The highest BCUT2D eigenvalue weighted by Gasteiger charge is 2.04. The first kappa shape index (κ1) is 10.7. The van der Waals surface area contributed by atoms with E-state index in [1.165, 1.54) is 11.1 Å². The lowest BCUT2D eigenvalue weighted by molar-refractivity contribution is 0.568. The number of rotatable bonds is 3. The van der Waals surface area contributed by atoms with Gasteiger partial charge in [-0.15, -0.1) is 0 Å². The van der Waals surface area contributed by atoms with E-state index in [-0.39, 0.29) is 0 Å². The molecule has 3 aromatic rings. The zero-order valence-electron chi connectivity index (χ0n) is 9.84. The van der Waals surface area contributed by atoms with E-state index >= 15 is 0 Å². The smallest absolute Gasteiger partial charge is 0.114 e. The van der Waals surface area contributed by atoms with Gasteiger partial charge in [-0.25, -0.2) is 0 Å². The van der Waals surface area contributed by atoms with E-state index in [1.807, 2.05) is 36.4 Å². The predicted octanol–water partition coefficient (Wildman–Crippen LogP) is 4.69. The van der Waals surface area contributed by atoms with Gasteiger partial charge in [0.1, 0.15) is 6.26 Å². The van der Waals surface area contributed by atoms with Crippen molar-refractivity contribution in [2.75, 3.05) is 5.32 Å². The Labute approximate surface area is 106 Å². The van der Waals surface area contributed by atoms with Gasteiger partial charge in [0.15, 0.2) is 0 Å². The summed E-state index contributed by atoms with van der Waals surface area (Å²) in [6.45, 7) is 0. The highest BCUT2D eigenvalue weighted by molar-refractivity contribution is 5.80.